The van der Waals surface area contributed by atoms with Gasteiger partial charge in [0.25, 0.3) is 5.91 Å². The SMILES string of the molecule is CCOc1ccc(OCC(=O)Nc2ncccc2OC)cc1. The number of methoxy groups -OCH3 is 1. The summed E-state index contributed by atoms with van der Waals surface area (Å²) in [6, 6.07) is 10.5. The Kier molecular flexibility index (Phi) is 5.59. The second kappa shape index (κ2) is 7.87. The number of amides is 1. The van der Waals surface area contributed by atoms with E-state index >= 15 is 0 Å². The summed E-state index contributed by atoms with van der Waals surface area (Å²) in [5.41, 5.74) is 0. The molecule has 6 heteroatoms. The third-order valence-electron chi connectivity index (χ3n) is 2.75. The lowest BCUT2D eigenvalue weighted by Crippen LogP contribution is -2.21. The molecule has 0 aliphatic rings. The molecule has 0 saturated carbocycles. The largest absolute Gasteiger partial charge is 0.494 e. The maximum absolute atomic E-state index is 11.9. The van der Waals surface area contributed by atoms with Gasteiger partial charge in [0.05, 0.1) is 13.7 Å². The predicted octanol–water partition coefficient (Wildman–Crippen LogP) is 2.51. The van der Waals surface area contributed by atoms with Crippen LogP contribution in [0.4, 0.5) is 5.82 Å². The van der Waals surface area contributed by atoms with Crippen LogP contribution in [0.15, 0.2) is 42.6 Å². The maximum atomic E-state index is 11.9. The second-order valence-electron chi connectivity index (χ2n) is 4.30. The third kappa shape index (κ3) is 4.37. The molecule has 0 aliphatic heterocycles. The summed E-state index contributed by atoms with van der Waals surface area (Å²) < 4.78 is 15.9. The normalized spacial score (nSPS) is 9.91. The molecule has 22 heavy (non-hydrogen) atoms. The molecular weight excluding hydrogens is 284 g/mol. The van der Waals surface area contributed by atoms with Gasteiger partial charge in [0, 0.05) is 6.20 Å². The Balaban J connectivity index is 1.87. The zero-order valence-electron chi connectivity index (χ0n) is 12.5. The number of hydrogen-bond acceptors (Lipinski definition) is 5. The van der Waals surface area contributed by atoms with E-state index in [1.54, 1.807) is 42.6 Å². The quantitative estimate of drug-likeness (QED) is 0.851. The molecule has 6 nitrogen and oxygen atoms in total. The van der Waals surface area contributed by atoms with Crippen molar-refractivity contribution in [1.82, 2.24) is 4.98 Å². The van der Waals surface area contributed by atoms with Gasteiger partial charge in [-0.3, -0.25) is 4.79 Å². The van der Waals surface area contributed by atoms with Gasteiger partial charge in [-0.1, -0.05) is 0 Å². The molecule has 0 bridgehead atoms. The van der Waals surface area contributed by atoms with Crippen LogP contribution in [0.5, 0.6) is 17.2 Å². The van der Waals surface area contributed by atoms with Gasteiger partial charge in [0.2, 0.25) is 0 Å². The van der Waals surface area contributed by atoms with Crippen LogP contribution in [-0.2, 0) is 4.79 Å². The standard InChI is InChI=1S/C16H18N2O4/c1-3-21-12-6-8-13(9-7-12)22-11-15(19)18-16-14(20-2)5-4-10-17-16/h4-10H,3,11H2,1-2H3,(H,17,18,19). The fraction of sp³-hybridized carbons (Fsp3) is 0.250. The zero-order chi connectivity index (χ0) is 15.8. The number of carbonyl (C=O) groups is 1. The molecule has 0 aliphatic carbocycles. The Bertz CT molecular complexity index is 614. The maximum Gasteiger partial charge on any atom is 0.263 e. The van der Waals surface area contributed by atoms with E-state index in [4.69, 9.17) is 14.2 Å². The van der Waals surface area contributed by atoms with Crippen molar-refractivity contribution in [3.8, 4) is 17.2 Å². The lowest BCUT2D eigenvalue weighted by Gasteiger charge is -2.10. The van der Waals surface area contributed by atoms with E-state index in [1.165, 1.54) is 7.11 Å². The Morgan fingerprint density at radius 2 is 1.82 bits per heavy atom. The molecule has 116 valence electrons. The first kappa shape index (κ1) is 15.6. The minimum atomic E-state index is -0.314. The average Bonchev–Trinajstić information content (AvgIpc) is 2.55. The first-order valence-electron chi connectivity index (χ1n) is 6.87. The molecule has 0 saturated heterocycles. The van der Waals surface area contributed by atoms with Gasteiger partial charge >= 0.3 is 0 Å². The fourth-order valence-corrected chi connectivity index (χ4v) is 1.76. The summed E-state index contributed by atoms with van der Waals surface area (Å²) in [5, 5.41) is 2.64. The monoisotopic (exact) mass is 302 g/mol. The number of aromatic nitrogens is 1. The Morgan fingerprint density at radius 1 is 1.14 bits per heavy atom. The molecule has 1 heterocycles. The predicted molar refractivity (Wildman–Crippen MR) is 82.5 cm³/mol. The molecule has 2 rings (SSSR count). The number of rotatable bonds is 7. The van der Waals surface area contributed by atoms with Gasteiger partial charge in [0.1, 0.15) is 11.5 Å². The number of nitrogens with one attached hydrogen (secondary N) is 1. The smallest absolute Gasteiger partial charge is 0.263 e. The summed E-state index contributed by atoms with van der Waals surface area (Å²) >= 11 is 0. The van der Waals surface area contributed by atoms with E-state index in [9.17, 15) is 4.79 Å². The third-order valence-corrected chi connectivity index (χ3v) is 2.75. The lowest BCUT2D eigenvalue weighted by atomic mass is 10.3. The molecule has 0 unspecified atom stereocenters. The van der Waals surface area contributed by atoms with Gasteiger partial charge in [-0.25, -0.2) is 4.98 Å². The van der Waals surface area contributed by atoms with E-state index in [2.05, 4.69) is 10.3 Å². The summed E-state index contributed by atoms with van der Waals surface area (Å²) in [4.78, 5) is 15.9. The van der Waals surface area contributed by atoms with Crippen molar-refractivity contribution in [1.29, 1.82) is 0 Å². The average molecular weight is 302 g/mol. The number of hydrogen-bond donors (Lipinski definition) is 1. The Hall–Kier alpha value is -2.76. The van der Waals surface area contributed by atoms with Crippen LogP contribution in [-0.4, -0.2) is 31.2 Å². The van der Waals surface area contributed by atoms with Gasteiger partial charge in [-0.2, -0.15) is 0 Å². The summed E-state index contributed by atoms with van der Waals surface area (Å²) in [5.74, 6) is 1.90. The summed E-state index contributed by atoms with van der Waals surface area (Å²) in [6.07, 6.45) is 1.57. The van der Waals surface area contributed by atoms with Crippen LogP contribution in [0.3, 0.4) is 0 Å². The van der Waals surface area contributed by atoms with E-state index in [-0.39, 0.29) is 12.5 Å². The molecule has 0 atom stereocenters. The van der Waals surface area contributed by atoms with Crippen molar-refractivity contribution in [2.75, 3.05) is 25.6 Å². The van der Waals surface area contributed by atoms with Gasteiger partial charge in [0.15, 0.2) is 18.2 Å². The molecule has 1 aromatic heterocycles. The second-order valence-corrected chi connectivity index (χ2v) is 4.30. The van der Waals surface area contributed by atoms with Crippen LogP contribution < -0.4 is 19.5 Å². The van der Waals surface area contributed by atoms with Gasteiger partial charge in [-0.15, -0.1) is 0 Å². The van der Waals surface area contributed by atoms with Crippen molar-refractivity contribution >= 4 is 11.7 Å². The molecule has 2 aromatic rings. The first-order chi connectivity index (χ1) is 10.7. The lowest BCUT2D eigenvalue weighted by molar-refractivity contribution is -0.118. The molecule has 0 spiro atoms. The van der Waals surface area contributed by atoms with E-state index in [0.717, 1.165) is 5.75 Å². The van der Waals surface area contributed by atoms with Gasteiger partial charge in [-0.05, 0) is 43.3 Å². The van der Waals surface area contributed by atoms with E-state index < -0.39 is 0 Å². The zero-order valence-corrected chi connectivity index (χ0v) is 12.5. The number of pyridine rings is 1. The molecule has 1 amide bonds. The number of carbonyl (C=O) groups excluding carboxylic acids is 1. The van der Waals surface area contributed by atoms with Crippen LogP contribution >= 0.6 is 0 Å². The number of benzene rings is 1. The highest BCUT2D eigenvalue weighted by atomic mass is 16.5. The van der Waals surface area contributed by atoms with Crippen molar-refractivity contribution in [3.05, 3.63) is 42.6 Å². The molecule has 1 aromatic carbocycles. The number of ether oxygens (including phenoxy) is 3. The van der Waals surface area contributed by atoms with E-state index in [1.807, 2.05) is 6.92 Å². The van der Waals surface area contributed by atoms with Crippen molar-refractivity contribution in [3.63, 3.8) is 0 Å². The van der Waals surface area contributed by atoms with Gasteiger partial charge < -0.3 is 19.5 Å². The van der Waals surface area contributed by atoms with Crippen LogP contribution in [0.1, 0.15) is 6.92 Å². The Morgan fingerprint density at radius 3 is 2.45 bits per heavy atom. The fourth-order valence-electron chi connectivity index (χ4n) is 1.76. The van der Waals surface area contributed by atoms with Crippen molar-refractivity contribution in [2.45, 2.75) is 6.92 Å². The minimum Gasteiger partial charge on any atom is -0.494 e. The van der Waals surface area contributed by atoms with Crippen molar-refractivity contribution < 1.29 is 19.0 Å². The molecule has 1 N–H and O–H groups in total. The Labute approximate surface area is 129 Å². The summed E-state index contributed by atoms with van der Waals surface area (Å²) in [6.45, 7) is 2.41. The highest BCUT2D eigenvalue weighted by molar-refractivity contribution is 5.92. The number of nitrogens with zero attached hydrogens (tertiary/aromatic N) is 1. The highest BCUT2D eigenvalue weighted by Gasteiger charge is 2.09. The van der Waals surface area contributed by atoms with Crippen LogP contribution in [0.2, 0.25) is 0 Å². The number of anilines is 1. The van der Waals surface area contributed by atoms with E-state index in [0.29, 0.717) is 23.9 Å². The molecule has 0 radical (unpaired) electrons. The highest BCUT2D eigenvalue weighted by Crippen LogP contribution is 2.20. The van der Waals surface area contributed by atoms with Crippen LogP contribution in [0.25, 0.3) is 0 Å². The molecule has 0 fully saturated rings. The van der Waals surface area contributed by atoms with Crippen LogP contribution in [0, 0.1) is 0 Å². The topological polar surface area (TPSA) is 69.7 Å². The minimum absolute atomic E-state index is 0.117. The first-order valence-corrected chi connectivity index (χ1v) is 6.87. The summed E-state index contributed by atoms with van der Waals surface area (Å²) in [7, 11) is 1.52. The molecular formula is C16H18N2O4. The van der Waals surface area contributed by atoms with Crippen molar-refractivity contribution in [2.24, 2.45) is 0 Å².